The summed E-state index contributed by atoms with van der Waals surface area (Å²) in [5, 5.41) is 8.48. The second kappa shape index (κ2) is 11.6. The van der Waals surface area contributed by atoms with Gasteiger partial charge in [0.15, 0.2) is 5.82 Å². The molecule has 2 N–H and O–H groups in total. The zero-order valence-electron chi connectivity index (χ0n) is 22.2. The van der Waals surface area contributed by atoms with Crippen LogP contribution in [0.2, 0.25) is 0 Å². The van der Waals surface area contributed by atoms with E-state index in [0.717, 1.165) is 49.9 Å². The summed E-state index contributed by atoms with van der Waals surface area (Å²) in [6, 6.07) is 11.9. The van der Waals surface area contributed by atoms with Crippen molar-refractivity contribution in [3.05, 3.63) is 58.6 Å². The molecule has 0 spiro atoms. The fourth-order valence-electron chi connectivity index (χ4n) is 4.44. The van der Waals surface area contributed by atoms with Crippen LogP contribution in [0.3, 0.4) is 0 Å². The number of ether oxygens (including phenoxy) is 2. The molecule has 0 radical (unpaired) electrons. The van der Waals surface area contributed by atoms with E-state index in [1.165, 1.54) is 0 Å². The minimum Gasteiger partial charge on any atom is -0.492 e. The van der Waals surface area contributed by atoms with Crippen molar-refractivity contribution in [2.75, 3.05) is 45.4 Å². The molecule has 39 heavy (non-hydrogen) atoms. The van der Waals surface area contributed by atoms with E-state index >= 15 is 0 Å². The number of aromatic nitrogens is 2. The van der Waals surface area contributed by atoms with Gasteiger partial charge in [0, 0.05) is 37.7 Å². The molecule has 0 fully saturated rings. The fourth-order valence-corrected chi connectivity index (χ4v) is 6.28. The van der Waals surface area contributed by atoms with Crippen LogP contribution < -0.4 is 20.3 Å². The number of aryl methyl sites for hydroxylation is 1. The van der Waals surface area contributed by atoms with Gasteiger partial charge < -0.3 is 19.7 Å². The van der Waals surface area contributed by atoms with Crippen LogP contribution in [0.1, 0.15) is 12.5 Å². The average molecular weight is 564 g/mol. The average Bonchev–Trinajstić information content (AvgIpc) is 3.64. The van der Waals surface area contributed by atoms with Gasteiger partial charge in [-0.05, 0) is 60.7 Å². The fraction of sp³-hybridized carbons (Fsp3) is 0.286. The Balaban J connectivity index is 1.50. The predicted molar refractivity (Wildman–Crippen MR) is 155 cm³/mol. The molecule has 9 nitrogen and oxygen atoms in total. The number of hydrogen-bond donors (Lipinski definition) is 2. The normalized spacial score (nSPS) is 13.4. The summed E-state index contributed by atoms with van der Waals surface area (Å²) in [6.07, 6.45) is 0. The lowest BCUT2D eigenvalue weighted by atomic mass is 10.1. The van der Waals surface area contributed by atoms with Crippen LogP contribution in [0.4, 0.5) is 5.82 Å². The summed E-state index contributed by atoms with van der Waals surface area (Å²) in [5.41, 5.74) is 2.71. The van der Waals surface area contributed by atoms with E-state index in [-0.39, 0.29) is 5.91 Å². The van der Waals surface area contributed by atoms with Gasteiger partial charge in [0.1, 0.15) is 28.7 Å². The monoisotopic (exact) mass is 563 g/mol. The van der Waals surface area contributed by atoms with Crippen molar-refractivity contribution < 1.29 is 19.1 Å². The predicted octanol–water partition coefficient (Wildman–Crippen LogP) is 4.38. The van der Waals surface area contributed by atoms with E-state index in [1.807, 2.05) is 48.7 Å². The third-order valence-electron chi connectivity index (χ3n) is 6.45. The first-order valence-electron chi connectivity index (χ1n) is 12.5. The van der Waals surface area contributed by atoms with Crippen LogP contribution in [0.5, 0.6) is 5.75 Å². The molecule has 202 valence electrons. The van der Waals surface area contributed by atoms with E-state index in [2.05, 4.69) is 10.6 Å². The van der Waals surface area contributed by atoms with Crippen LogP contribution in [-0.2, 0) is 14.3 Å². The van der Waals surface area contributed by atoms with Gasteiger partial charge in [0.2, 0.25) is 0 Å². The first kappa shape index (κ1) is 26.9. The zero-order valence-corrected chi connectivity index (χ0v) is 23.8. The Kier molecular flexibility index (Phi) is 8.03. The molecule has 0 unspecified atom stereocenters. The second-order valence-corrected chi connectivity index (χ2v) is 11.0. The Hall–Kier alpha value is -3.64. The van der Waals surface area contributed by atoms with Gasteiger partial charge in [-0.1, -0.05) is 6.07 Å². The highest BCUT2D eigenvalue weighted by Crippen LogP contribution is 2.43. The quantitative estimate of drug-likeness (QED) is 0.205. The van der Waals surface area contributed by atoms with Gasteiger partial charge in [0.25, 0.3) is 11.8 Å². The standard InChI is InChI=1S/C28H29N5O4S2/c1-16-21-25(33(3)22-17(2)26(34)32-27(22)35)30-24(20-6-5-15-38-20)31-28(21)39-23(16)18-7-9-19(10-8-18)37-14-12-29-11-13-36-4/h5-10,15,29H,11-14H2,1-4H3,(H,32,34,35). The lowest BCUT2D eigenvalue weighted by Crippen LogP contribution is -2.29. The number of methoxy groups -OCH3 is 1. The zero-order chi connectivity index (χ0) is 27.5. The molecule has 2 amide bonds. The number of thiophene rings is 2. The number of amides is 2. The van der Waals surface area contributed by atoms with Crippen molar-refractivity contribution in [2.24, 2.45) is 0 Å². The number of likely N-dealkylation sites (N-methyl/N-ethyl adjacent to an activating group) is 1. The van der Waals surface area contributed by atoms with Crippen LogP contribution in [0.15, 0.2) is 53.0 Å². The highest BCUT2D eigenvalue weighted by molar-refractivity contribution is 7.22. The van der Waals surface area contributed by atoms with Crippen molar-refractivity contribution in [3.8, 4) is 26.9 Å². The highest BCUT2D eigenvalue weighted by atomic mass is 32.1. The Labute approximate surface area is 234 Å². The van der Waals surface area contributed by atoms with Crippen LogP contribution in [0.25, 0.3) is 31.4 Å². The van der Waals surface area contributed by atoms with Crippen molar-refractivity contribution in [3.63, 3.8) is 0 Å². The second-order valence-electron chi connectivity index (χ2n) is 9.02. The molecule has 1 aromatic carbocycles. The van der Waals surface area contributed by atoms with Gasteiger partial charge in [-0.25, -0.2) is 9.97 Å². The van der Waals surface area contributed by atoms with Crippen LogP contribution >= 0.6 is 22.7 Å². The van der Waals surface area contributed by atoms with Gasteiger partial charge in [0.05, 0.1) is 16.9 Å². The number of nitrogens with one attached hydrogen (secondary N) is 2. The molecule has 0 saturated heterocycles. The van der Waals surface area contributed by atoms with Gasteiger partial charge >= 0.3 is 0 Å². The number of carbonyl (C=O) groups excluding carboxylic acids is 2. The molecule has 0 aliphatic carbocycles. The maximum Gasteiger partial charge on any atom is 0.275 e. The number of imide groups is 1. The van der Waals surface area contributed by atoms with Gasteiger partial charge in [-0.3, -0.25) is 14.9 Å². The summed E-state index contributed by atoms with van der Waals surface area (Å²) >= 11 is 3.13. The molecule has 1 aliphatic heterocycles. The molecule has 11 heteroatoms. The minimum atomic E-state index is -0.429. The lowest BCUT2D eigenvalue weighted by molar-refractivity contribution is -0.124. The first-order chi connectivity index (χ1) is 18.9. The SMILES string of the molecule is COCCNCCOc1ccc(-c2sc3nc(-c4cccs4)nc(N(C)C4=C(C)C(=O)NC4=O)c3c2C)cc1. The highest BCUT2D eigenvalue weighted by Gasteiger charge is 2.32. The number of hydrogen-bond acceptors (Lipinski definition) is 10. The molecular formula is C28H29N5O4S2. The van der Waals surface area contributed by atoms with E-state index in [4.69, 9.17) is 19.4 Å². The maximum atomic E-state index is 12.7. The first-order valence-corrected chi connectivity index (χ1v) is 14.2. The number of anilines is 1. The minimum absolute atomic E-state index is 0.294. The number of carbonyl (C=O) groups is 2. The van der Waals surface area contributed by atoms with Crippen molar-refractivity contribution in [1.29, 1.82) is 0 Å². The molecule has 4 aromatic rings. The molecular weight excluding hydrogens is 534 g/mol. The third kappa shape index (κ3) is 5.44. The summed E-state index contributed by atoms with van der Waals surface area (Å²) in [6.45, 7) is 6.44. The Morgan fingerprint density at radius 3 is 2.46 bits per heavy atom. The smallest absolute Gasteiger partial charge is 0.275 e. The molecule has 0 saturated carbocycles. The molecule has 5 rings (SSSR count). The molecule has 0 bridgehead atoms. The van der Waals surface area contributed by atoms with Gasteiger partial charge in [-0.2, -0.15) is 0 Å². The summed E-state index contributed by atoms with van der Waals surface area (Å²) < 4.78 is 10.9. The number of fused-ring (bicyclic) bond motifs is 1. The van der Waals surface area contributed by atoms with E-state index in [1.54, 1.807) is 48.7 Å². The van der Waals surface area contributed by atoms with Crippen molar-refractivity contribution >= 4 is 50.5 Å². The molecule has 1 aliphatic rings. The number of rotatable bonds is 11. The topological polar surface area (TPSA) is 106 Å². The van der Waals surface area contributed by atoms with Crippen LogP contribution in [0, 0.1) is 6.92 Å². The number of nitrogens with zero attached hydrogens (tertiary/aromatic N) is 3. The van der Waals surface area contributed by atoms with Crippen molar-refractivity contribution in [2.45, 2.75) is 13.8 Å². The summed E-state index contributed by atoms with van der Waals surface area (Å²) in [4.78, 5) is 39.1. The third-order valence-corrected chi connectivity index (χ3v) is 8.55. The maximum absolute atomic E-state index is 12.7. The molecule has 0 atom stereocenters. The molecule has 4 heterocycles. The van der Waals surface area contributed by atoms with Crippen LogP contribution in [-0.4, -0.2) is 62.2 Å². The summed E-state index contributed by atoms with van der Waals surface area (Å²) in [5.74, 6) is 1.15. The van der Waals surface area contributed by atoms with Gasteiger partial charge in [-0.15, -0.1) is 22.7 Å². The Morgan fingerprint density at radius 1 is 1.03 bits per heavy atom. The largest absolute Gasteiger partial charge is 0.492 e. The Morgan fingerprint density at radius 2 is 1.79 bits per heavy atom. The van der Waals surface area contributed by atoms with E-state index in [9.17, 15) is 9.59 Å². The van der Waals surface area contributed by atoms with E-state index < -0.39 is 5.91 Å². The van der Waals surface area contributed by atoms with Crippen molar-refractivity contribution in [1.82, 2.24) is 20.6 Å². The summed E-state index contributed by atoms with van der Waals surface area (Å²) in [7, 11) is 3.45. The number of benzene rings is 1. The Bertz CT molecular complexity index is 1540. The van der Waals surface area contributed by atoms with E-state index in [0.29, 0.717) is 36.1 Å². The lowest BCUT2D eigenvalue weighted by Gasteiger charge is -2.20. The molecule has 3 aromatic heterocycles.